The van der Waals surface area contributed by atoms with E-state index in [-0.39, 0.29) is 17.1 Å². The van der Waals surface area contributed by atoms with Crippen LogP contribution in [0.2, 0.25) is 0 Å². The van der Waals surface area contributed by atoms with Crippen LogP contribution in [-0.4, -0.2) is 28.0 Å². The van der Waals surface area contributed by atoms with Gasteiger partial charge in [-0.25, -0.2) is 4.68 Å². The smallest absolute Gasteiger partial charge is 0.251 e. The van der Waals surface area contributed by atoms with Crippen molar-refractivity contribution in [2.75, 3.05) is 12.3 Å². The number of benzene rings is 2. The number of amides is 1. The predicted octanol–water partition coefficient (Wildman–Crippen LogP) is 4.20. The molecule has 6 heteroatoms. The Bertz CT molecular complexity index is 1190. The molecule has 3 aromatic rings. The first-order chi connectivity index (χ1) is 15.1. The van der Waals surface area contributed by atoms with Gasteiger partial charge in [-0.15, -0.1) is 0 Å². The van der Waals surface area contributed by atoms with Crippen LogP contribution in [0.25, 0.3) is 5.69 Å². The van der Waals surface area contributed by atoms with E-state index < -0.39 is 0 Å². The lowest BCUT2D eigenvalue weighted by atomic mass is 9.75. The minimum Gasteiger partial charge on any atom is -0.397 e. The molecule has 2 aromatic carbocycles. The number of ketones is 1. The molecule has 0 bridgehead atoms. The van der Waals surface area contributed by atoms with E-state index in [1.165, 1.54) is 11.1 Å². The monoisotopic (exact) mass is 430 g/mol. The summed E-state index contributed by atoms with van der Waals surface area (Å²) in [7, 11) is 0. The number of aromatic nitrogens is 2. The fourth-order valence-corrected chi connectivity index (χ4v) is 4.40. The summed E-state index contributed by atoms with van der Waals surface area (Å²) >= 11 is 0. The third-order valence-corrected chi connectivity index (χ3v) is 6.06. The molecule has 6 nitrogen and oxygen atoms in total. The lowest BCUT2D eigenvalue weighted by Crippen LogP contribution is -2.28. The van der Waals surface area contributed by atoms with Gasteiger partial charge in [-0.05, 0) is 55.9 Å². The van der Waals surface area contributed by atoms with Crippen LogP contribution in [0.4, 0.5) is 5.69 Å². The van der Waals surface area contributed by atoms with Crippen LogP contribution in [0.5, 0.6) is 0 Å². The fraction of sp³-hybridized carbons (Fsp3) is 0.346. The van der Waals surface area contributed by atoms with E-state index in [4.69, 9.17) is 5.73 Å². The number of nitrogens with one attached hydrogen (secondary N) is 1. The number of fused-ring (bicyclic) bond motifs is 1. The zero-order chi connectivity index (χ0) is 23.0. The van der Waals surface area contributed by atoms with Gasteiger partial charge in [-0.3, -0.25) is 9.59 Å². The van der Waals surface area contributed by atoms with Crippen LogP contribution in [0.1, 0.15) is 63.5 Å². The van der Waals surface area contributed by atoms with Gasteiger partial charge in [0.25, 0.3) is 5.91 Å². The molecule has 4 rings (SSSR count). The standard InChI is InChI=1S/C26H30N4O2/c1-16-5-7-18(8-6-16)11-12-28-25(32)19-9-10-21(20(27)13-19)30-22-14-26(3,4)15-23(31)24(22)17(2)29-30/h5-10,13H,11-12,14-15,27H2,1-4H3,(H,28,32). The maximum Gasteiger partial charge on any atom is 0.251 e. The molecule has 0 spiro atoms. The number of nitrogen functional groups attached to an aromatic ring is 1. The number of rotatable bonds is 5. The van der Waals surface area contributed by atoms with Crippen LogP contribution < -0.4 is 11.1 Å². The van der Waals surface area contributed by atoms with Crippen molar-refractivity contribution in [3.05, 3.63) is 76.1 Å². The number of hydrogen-bond acceptors (Lipinski definition) is 4. The van der Waals surface area contributed by atoms with Crippen molar-refractivity contribution in [2.24, 2.45) is 5.41 Å². The topological polar surface area (TPSA) is 90.0 Å². The molecule has 0 saturated carbocycles. The molecule has 0 atom stereocenters. The minimum atomic E-state index is -0.162. The molecular weight excluding hydrogens is 400 g/mol. The van der Waals surface area contributed by atoms with Gasteiger partial charge in [0.05, 0.1) is 28.3 Å². The first-order valence-corrected chi connectivity index (χ1v) is 11.0. The first-order valence-electron chi connectivity index (χ1n) is 11.0. The number of aryl methyl sites for hydroxylation is 2. The van der Waals surface area contributed by atoms with Crippen LogP contribution >= 0.6 is 0 Å². The summed E-state index contributed by atoms with van der Waals surface area (Å²) in [5.41, 5.74) is 12.6. The highest BCUT2D eigenvalue weighted by molar-refractivity contribution is 6.00. The van der Waals surface area contributed by atoms with Crippen LogP contribution in [0.15, 0.2) is 42.5 Å². The van der Waals surface area contributed by atoms with Crippen LogP contribution in [0, 0.1) is 19.3 Å². The summed E-state index contributed by atoms with van der Waals surface area (Å²) < 4.78 is 1.78. The highest BCUT2D eigenvalue weighted by Crippen LogP contribution is 2.37. The molecule has 1 aliphatic rings. The summed E-state index contributed by atoms with van der Waals surface area (Å²) in [6.45, 7) is 8.64. The molecule has 1 heterocycles. The molecule has 0 aliphatic heterocycles. The van der Waals surface area contributed by atoms with Crippen molar-refractivity contribution >= 4 is 17.4 Å². The Morgan fingerprint density at radius 3 is 2.53 bits per heavy atom. The SMILES string of the molecule is Cc1ccc(CCNC(=O)c2ccc(-n3nc(C)c4c3CC(C)(C)CC4=O)c(N)c2)cc1. The third-order valence-electron chi connectivity index (χ3n) is 6.06. The average Bonchev–Trinajstić information content (AvgIpc) is 3.04. The summed E-state index contributed by atoms with van der Waals surface area (Å²) in [5.74, 6) is -0.0338. The minimum absolute atomic E-state index is 0.125. The third kappa shape index (κ3) is 4.31. The lowest BCUT2D eigenvalue weighted by Gasteiger charge is -2.29. The number of carbonyl (C=O) groups is 2. The van der Waals surface area contributed by atoms with Crippen molar-refractivity contribution < 1.29 is 9.59 Å². The Balaban J connectivity index is 1.52. The van der Waals surface area contributed by atoms with Gasteiger partial charge >= 0.3 is 0 Å². The largest absolute Gasteiger partial charge is 0.397 e. The molecule has 3 N–H and O–H groups in total. The zero-order valence-corrected chi connectivity index (χ0v) is 19.2. The average molecular weight is 431 g/mol. The van der Waals surface area contributed by atoms with Gasteiger partial charge in [-0.2, -0.15) is 5.10 Å². The van der Waals surface area contributed by atoms with E-state index in [2.05, 4.69) is 55.5 Å². The second-order valence-corrected chi connectivity index (χ2v) is 9.52. The van der Waals surface area contributed by atoms with Crippen molar-refractivity contribution in [1.82, 2.24) is 15.1 Å². The van der Waals surface area contributed by atoms with Crippen molar-refractivity contribution in [2.45, 2.75) is 47.0 Å². The van der Waals surface area contributed by atoms with E-state index in [1.54, 1.807) is 16.8 Å². The molecule has 1 amide bonds. The lowest BCUT2D eigenvalue weighted by molar-refractivity contribution is 0.0908. The Morgan fingerprint density at radius 2 is 1.84 bits per heavy atom. The van der Waals surface area contributed by atoms with E-state index in [0.29, 0.717) is 35.5 Å². The van der Waals surface area contributed by atoms with Gasteiger partial charge in [0.15, 0.2) is 5.78 Å². The van der Waals surface area contributed by atoms with E-state index in [9.17, 15) is 9.59 Å². The van der Waals surface area contributed by atoms with Gasteiger partial charge in [0.1, 0.15) is 0 Å². The first kappa shape index (κ1) is 21.8. The number of hydrogen-bond donors (Lipinski definition) is 2. The predicted molar refractivity (Wildman–Crippen MR) is 126 cm³/mol. The highest BCUT2D eigenvalue weighted by Gasteiger charge is 2.36. The van der Waals surface area contributed by atoms with Crippen molar-refractivity contribution in [3.8, 4) is 5.69 Å². The Kier molecular flexibility index (Phi) is 5.63. The van der Waals surface area contributed by atoms with E-state index >= 15 is 0 Å². The number of carbonyl (C=O) groups excluding carboxylic acids is 2. The maximum atomic E-state index is 12.7. The second kappa shape index (κ2) is 8.26. The number of Topliss-reactive ketones (excluding diaryl/α,β-unsaturated/α-hetero) is 1. The van der Waals surface area contributed by atoms with Crippen LogP contribution in [0.3, 0.4) is 0 Å². The van der Waals surface area contributed by atoms with Gasteiger partial charge in [0.2, 0.25) is 0 Å². The molecule has 0 saturated heterocycles. The fourth-order valence-electron chi connectivity index (χ4n) is 4.40. The summed E-state index contributed by atoms with van der Waals surface area (Å²) in [6, 6.07) is 13.5. The van der Waals surface area contributed by atoms with Gasteiger partial charge in [-0.1, -0.05) is 43.7 Å². The maximum absolute atomic E-state index is 12.7. The Morgan fingerprint density at radius 1 is 1.12 bits per heavy atom. The molecule has 0 fully saturated rings. The molecule has 166 valence electrons. The Labute approximate surface area is 188 Å². The normalized spacial score (nSPS) is 14.8. The van der Waals surface area contributed by atoms with Gasteiger partial charge < -0.3 is 11.1 Å². The van der Waals surface area contributed by atoms with Gasteiger partial charge in [0, 0.05) is 18.5 Å². The second-order valence-electron chi connectivity index (χ2n) is 9.52. The molecule has 0 radical (unpaired) electrons. The summed E-state index contributed by atoms with van der Waals surface area (Å²) in [6.07, 6.45) is 2.03. The summed E-state index contributed by atoms with van der Waals surface area (Å²) in [4.78, 5) is 25.3. The molecule has 0 unspecified atom stereocenters. The van der Waals surface area contributed by atoms with E-state index in [1.807, 2.05) is 13.0 Å². The molecular formula is C26H30N4O2. The van der Waals surface area contributed by atoms with E-state index in [0.717, 1.165) is 24.2 Å². The van der Waals surface area contributed by atoms with Crippen molar-refractivity contribution in [3.63, 3.8) is 0 Å². The quantitative estimate of drug-likeness (QED) is 0.594. The zero-order valence-electron chi connectivity index (χ0n) is 19.2. The highest BCUT2D eigenvalue weighted by atomic mass is 16.1. The molecule has 1 aromatic heterocycles. The number of nitrogens with zero attached hydrogens (tertiary/aromatic N) is 2. The Hall–Kier alpha value is -3.41. The number of nitrogens with two attached hydrogens (primary N) is 1. The molecule has 1 aliphatic carbocycles. The number of anilines is 1. The van der Waals surface area contributed by atoms with Crippen LogP contribution in [-0.2, 0) is 12.8 Å². The molecule has 32 heavy (non-hydrogen) atoms. The van der Waals surface area contributed by atoms with Crippen molar-refractivity contribution in [1.29, 1.82) is 0 Å². The summed E-state index contributed by atoms with van der Waals surface area (Å²) in [5, 5.41) is 7.58.